The molecule has 1 unspecified atom stereocenters. The van der Waals surface area contributed by atoms with Gasteiger partial charge in [-0.2, -0.15) is 0 Å². The van der Waals surface area contributed by atoms with E-state index >= 15 is 0 Å². The molecule has 86 valence electrons. The van der Waals surface area contributed by atoms with Gasteiger partial charge in [-0.25, -0.2) is 0 Å². The van der Waals surface area contributed by atoms with Gasteiger partial charge in [0.1, 0.15) is 5.75 Å². The Balaban J connectivity index is 1.97. The second-order valence-electron chi connectivity index (χ2n) is 4.39. The van der Waals surface area contributed by atoms with Gasteiger partial charge in [-0.3, -0.25) is 4.79 Å². The molecule has 1 aromatic rings. The standard InChI is InChI=1S/C13H17NO2/c15-12-5-1-4-11(8-12)13(16)7-10-3-2-6-14-9-10/h1,4-5,8,10,14-15H,2-3,6-7,9H2. The van der Waals surface area contributed by atoms with Gasteiger partial charge in [0, 0.05) is 12.0 Å². The third-order valence-corrected chi connectivity index (χ3v) is 3.04. The topological polar surface area (TPSA) is 49.3 Å². The molecule has 1 aliphatic rings. The Hall–Kier alpha value is -1.35. The van der Waals surface area contributed by atoms with E-state index in [1.54, 1.807) is 24.3 Å². The van der Waals surface area contributed by atoms with Crippen LogP contribution >= 0.6 is 0 Å². The Morgan fingerprint density at radius 1 is 1.50 bits per heavy atom. The lowest BCUT2D eigenvalue weighted by Crippen LogP contribution is -2.31. The summed E-state index contributed by atoms with van der Waals surface area (Å²) >= 11 is 0. The Kier molecular flexibility index (Phi) is 3.57. The molecule has 2 rings (SSSR count). The number of nitrogens with one attached hydrogen (secondary N) is 1. The highest BCUT2D eigenvalue weighted by molar-refractivity contribution is 5.96. The minimum Gasteiger partial charge on any atom is -0.508 e. The van der Waals surface area contributed by atoms with Crippen LogP contribution in [0.15, 0.2) is 24.3 Å². The molecule has 1 atom stereocenters. The number of hydrogen-bond acceptors (Lipinski definition) is 3. The number of piperidine rings is 1. The zero-order chi connectivity index (χ0) is 11.4. The smallest absolute Gasteiger partial charge is 0.163 e. The first kappa shape index (κ1) is 11.1. The van der Waals surface area contributed by atoms with Crippen LogP contribution in [0.5, 0.6) is 5.75 Å². The second kappa shape index (κ2) is 5.12. The van der Waals surface area contributed by atoms with Crippen molar-refractivity contribution in [3.8, 4) is 5.75 Å². The van der Waals surface area contributed by atoms with Crippen LogP contribution in [0.1, 0.15) is 29.6 Å². The Bertz CT molecular complexity index is 370. The van der Waals surface area contributed by atoms with E-state index in [-0.39, 0.29) is 11.5 Å². The molecule has 1 fully saturated rings. The quantitative estimate of drug-likeness (QED) is 0.764. The summed E-state index contributed by atoms with van der Waals surface area (Å²) < 4.78 is 0. The molecule has 0 spiro atoms. The molecule has 0 aliphatic carbocycles. The molecule has 1 heterocycles. The summed E-state index contributed by atoms with van der Waals surface area (Å²) in [5.41, 5.74) is 0.616. The number of carbonyl (C=O) groups excluding carboxylic acids is 1. The van der Waals surface area contributed by atoms with Crippen molar-refractivity contribution in [3.05, 3.63) is 29.8 Å². The first-order valence-corrected chi connectivity index (χ1v) is 5.78. The van der Waals surface area contributed by atoms with Crippen LogP contribution in [0.3, 0.4) is 0 Å². The minimum atomic E-state index is 0.129. The molecule has 2 N–H and O–H groups in total. The first-order chi connectivity index (χ1) is 7.75. The maximum absolute atomic E-state index is 11.9. The normalized spacial score (nSPS) is 20.6. The maximum atomic E-state index is 11.9. The monoisotopic (exact) mass is 219 g/mol. The molecule has 0 amide bonds. The SMILES string of the molecule is O=C(CC1CCCNC1)c1cccc(O)c1. The molecule has 3 heteroatoms. The Labute approximate surface area is 95.5 Å². The lowest BCUT2D eigenvalue weighted by molar-refractivity contribution is 0.0953. The van der Waals surface area contributed by atoms with E-state index in [0.717, 1.165) is 25.9 Å². The molecule has 1 aromatic carbocycles. The van der Waals surface area contributed by atoms with Crippen molar-refractivity contribution in [2.45, 2.75) is 19.3 Å². The van der Waals surface area contributed by atoms with E-state index in [9.17, 15) is 9.90 Å². The highest BCUT2D eigenvalue weighted by Gasteiger charge is 2.17. The molecule has 0 radical (unpaired) electrons. The van der Waals surface area contributed by atoms with Gasteiger partial charge in [-0.15, -0.1) is 0 Å². The molecule has 0 aromatic heterocycles. The van der Waals surface area contributed by atoms with Gasteiger partial charge in [0.15, 0.2) is 5.78 Å². The zero-order valence-electron chi connectivity index (χ0n) is 9.28. The van der Waals surface area contributed by atoms with Gasteiger partial charge in [-0.05, 0) is 44.0 Å². The van der Waals surface area contributed by atoms with E-state index in [4.69, 9.17) is 0 Å². The summed E-state index contributed by atoms with van der Waals surface area (Å²) in [7, 11) is 0. The minimum absolute atomic E-state index is 0.129. The summed E-state index contributed by atoms with van der Waals surface area (Å²) in [6, 6.07) is 6.59. The number of ketones is 1. The molecular weight excluding hydrogens is 202 g/mol. The zero-order valence-corrected chi connectivity index (χ0v) is 9.28. The van der Waals surface area contributed by atoms with Crippen LogP contribution in [0.4, 0.5) is 0 Å². The van der Waals surface area contributed by atoms with Crippen LogP contribution in [0.25, 0.3) is 0 Å². The van der Waals surface area contributed by atoms with Crippen molar-refractivity contribution >= 4 is 5.78 Å². The Morgan fingerprint density at radius 3 is 3.06 bits per heavy atom. The van der Waals surface area contributed by atoms with E-state index in [1.165, 1.54) is 0 Å². The van der Waals surface area contributed by atoms with Crippen molar-refractivity contribution in [3.63, 3.8) is 0 Å². The first-order valence-electron chi connectivity index (χ1n) is 5.78. The van der Waals surface area contributed by atoms with Crippen LogP contribution in [0, 0.1) is 5.92 Å². The molecule has 16 heavy (non-hydrogen) atoms. The summed E-state index contributed by atoms with van der Waals surface area (Å²) in [4.78, 5) is 11.9. The maximum Gasteiger partial charge on any atom is 0.163 e. The van der Waals surface area contributed by atoms with Crippen LogP contribution in [-0.4, -0.2) is 24.0 Å². The number of aromatic hydroxyl groups is 1. The largest absolute Gasteiger partial charge is 0.508 e. The van der Waals surface area contributed by atoms with Crippen LogP contribution < -0.4 is 5.32 Å². The van der Waals surface area contributed by atoms with Crippen LogP contribution in [0.2, 0.25) is 0 Å². The fourth-order valence-corrected chi connectivity index (χ4v) is 2.16. The van der Waals surface area contributed by atoms with Gasteiger partial charge in [-0.1, -0.05) is 12.1 Å². The van der Waals surface area contributed by atoms with Gasteiger partial charge >= 0.3 is 0 Å². The number of rotatable bonds is 3. The number of Topliss-reactive ketones (excluding diaryl/α,β-unsaturated/α-hetero) is 1. The van der Waals surface area contributed by atoms with E-state index in [1.807, 2.05) is 0 Å². The number of phenols is 1. The van der Waals surface area contributed by atoms with Crippen molar-refractivity contribution < 1.29 is 9.90 Å². The van der Waals surface area contributed by atoms with Crippen LogP contribution in [-0.2, 0) is 0 Å². The summed E-state index contributed by atoms with van der Waals surface area (Å²) in [6.07, 6.45) is 2.85. The molecule has 1 saturated heterocycles. The molecule has 0 bridgehead atoms. The van der Waals surface area contributed by atoms with E-state index < -0.39 is 0 Å². The van der Waals surface area contributed by atoms with Gasteiger partial charge in [0.25, 0.3) is 0 Å². The average Bonchev–Trinajstić information content (AvgIpc) is 2.30. The third-order valence-electron chi connectivity index (χ3n) is 3.04. The number of benzene rings is 1. The molecule has 3 nitrogen and oxygen atoms in total. The predicted molar refractivity (Wildman–Crippen MR) is 62.6 cm³/mol. The van der Waals surface area contributed by atoms with Crippen molar-refractivity contribution in [2.75, 3.05) is 13.1 Å². The third kappa shape index (κ3) is 2.83. The van der Waals surface area contributed by atoms with Crippen molar-refractivity contribution in [1.82, 2.24) is 5.32 Å². The molecule has 1 aliphatic heterocycles. The predicted octanol–water partition coefficient (Wildman–Crippen LogP) is 1.96. The summed E-state index contributed by atoms with van der Waals surface area (Å²) in [5.74, 6) is 0.737. The number of carbonyl (C=O) groups is 1. The lowest BCUT2D eigenvalue weighted by atomic mass is 9.92. The fraction of sp³-hybridized carbons (Fsp3) is 0.462. The van der Waals surface area contributed by atoms with E-state index in [2.05, 4.69) is 5.32 Å². The second-order valence-corrected chi connectivity index (χ2v) is 4.39. The number of hydrogen-bond donors (Lipinski definition) is 2. The molecular formula is C13H17NO2. The lowest BCUT2D eigenvalue weighted by Gasteiger charge is -2.21. The van der Waals surface area contributed by atoms with Gasteiger partial charge in [0.2, 0.25) is 0 Å². The molecule has 0 saturated carbocycles. The van der Waals surface area contributed by atoms with Gasteiger partial charge < -0.3 is 10.4 Å². The fourth-order valence-electron chi connectivity index (χ4n) is 2.16. The average molecular weight is 219 g/mol. The van der Waals surface area contributed by atoms with E-state index in [0.29, 0.717) is 17.9 Å². The highest BCUT2D eigenvalue weighted by atomic mass is 16.3. The summed E-state index contributed by atoms with van der Waals surface area (Å²) in [6.45, 7) is 2.00. The van der Waals surface area contributed by atoms with Crippen molar-refractivity contribution in [1.29, 1.82) is 0 Å². The van der Waals surface area contributed by atoms with Crippen molar-refractivity contribution in [2.24, 2.45) is 5.92 Å². The highest BCUT2D eigenvalue weighted by Crippen LogP contribution is 2.19. The number of phenolic OH excluding ortho intramolecular Hbond substituents is 1. The summed E-state index contributed by atoms with van der Waals surface area (Å²) in [5, 5.41) is 12.6. The Morgan fingerprint density at radius 2 is 2.38 bits per heavy atom. The van der Waals surface area contributed by atoms with Gasteiger partial charge in [0.05, 0.1) is 0 Å².